The molecule has 0 atom stereocenters. The van der Waals surface area contributed by atoms with Crippen molar-refractivity contribution in [3.8, 4) is 34.3 Å². The Labute approximate surface area is 187 Å². The molecule has 6 rings (SSSR count). The van der Waals surface area contributed by atoms with Crippen LogP contribution in [0.25, 0.3) is 22.0 Å². The maximum absolute atomic E-state index is 5.69. The van der Waals surface area contributed by atoms with Crippen LogP contribution in [0.15, 0.2) is 36.5 Å². The quantitative estimate of drug-likeness (QED) is 0.605. The van der Waals surface area contributed by atoms with E-state index in [0.29, 0.717) is 0 Å². The van der Waals surface area contributed by atoms with Crippen molar-refractivity contribution in [1.29, 1.82) is 0 Å². The van der Waals surface area contributed by atoms with Crippen molar-refractivity contribution in [1.82, 2.24) is 14.8 Å². The van der Waals surface area contributed by atoms with Gasteiger partial charge in [0.25, 0.3) is 0 Å². The van der Waals surface area contributed by atoms with Gasteiger partial charge in [-0.25, -0.2) is 0 Å². The molecule has 0 bridgehead atoms. The molecule has 0 radical (unpaired) electrons. The third-order valence-corrected chi connectivity index (χ3v) is 6.51. The molecule has 166 valence electrons. The number of pyridine rings is 1. The lowest BCUT2D eigenvalue weighted by atomic mass is 10.00. The zero-order chi connectivity index (χ0) is 21.5. The Morgan fingerprint density at radius 2 is 1.59 bits per heavy atom. The topological polar surface area (TPSA) is 56.3 Å². The maximum atomic E-state index is 5.69. The minimum Gasteiger partial charge on any atom is -0.454 e. The lowest BCUT2D eigenvalue weighted by Gasteiger charge is -2.34. The second kappa shape index (κ2) is 8.15. The van der Waals surface area contributed by atoms with E-state index in [9.17, 15) is 0 Å². The van der Waals surface area contributed by atoms with Crippen molar-refractivity contribution < 1.29 is 18.9 Å². The highest BCUT2D eigenvalue weighted by atomic mass is 16.7. The highest BCUT2D eigenvalue weighted by molar-refractivity contribution is 5.93. The monoisotopic (exact) mass is 433 g/mol. The predicted octanol–water partition coefficient (Wildman–Crippen LogP) is 3.89. The minimum absolute atomic E-state index is 0.258. The standard InChI is InChI=1S/C25H27N3O4/c1-2-5-27-6-8-28(9-7-27)14-18-11-23-24(31-15-30-23)12-19(18)21-10-17-3-4-22-25(32-16-29-22)20(17)13-26-21/h3-4,10-13H,2,5-9,14-16H2,1H3. The van der Waals surface area contributed by atoms with Gasteiger partial charge in [-0.05, 0) is 48.2 Å². The molecule has 1 saturated heterocycles. The molecule has 7 heteroatoms. The molecule has 4 heterocycles. The first-order chi connectivity index (χ1) is 15.8. The van der Waals surface area contributed by atoms with E-state index >= 15 is 0 Å². The fraction of sp³-hybridized carbons (Fsp3) is 0.400. The van der Waals surface area contributed by atoms with Crippen LogP contribution in [0.4, 0.5) is 0 Å². The average molecular weight is 434 g/mol. The summed E-state index contributed by atoms with van der Waals surface area (Å²) in [4.78, 5) is 9.88. The highest BCUT2D eigenvalue weighted by Crippen LogP contribution is 2.42. The van der Waals surface area contributed by atoms with Gasteiger partial charge in [0.15, 0.2) is 23.0 Å². The van der Waals surface area contributed by atoms with Gasteiger partial charge in [0, 0.05) is 49.9 Å². The van der Waals surface area contributed by atoms with E-state index in [2.05, 4.69) is 41.0 Å². The summed E-state index contributed by atoms with van der Waals surface area (Å²) < 4.78 is 22.5. The van der Waals surface area contributed by atoms with Gasteiger partial charge >= 0.3 is 0 Å². The van der Waals surface area contributed by atoms with Gasteiger partial charge in [-0.1, -0.05) is 13.0 Å². The Morgan fingerprint density at radius 3 is 2.44 bits per heavy atom. The second-order valence-electron chi connectivity index (χ2n) is 8.57. The zero-order valence-corrected chi connectivity index (χ0v) is 18.3. The summed E-state index contributed by atoms with van der Waals surface area (Å²) in [5.41, 5.74) is 3.23. The molecule has 0 spiro atoms. The number of ether oxygens (including phenoxy) is 4. The Morgan fingerprint density at radius 1 is 0.844 bits per heavy atom. The summed E-state index contributed by atoms with van der Waals surface area (Å²) >= 11 is 0. The minimum atomic E-state index is 0.258. The molecule has 1 aromatic heterocycles. The number of benzene rings is 2. The number of aromatic nitrogens is 1. The van der Waals surface area contributed by atoms with E-state index in [1.807, 2.05) is 12.3 Å². The fourth-order valence-corrected chi connectivity index (χ4v) is 4.82. The molecule has 3 aromatic rings. The summed E-state index contributed by atoms with van der Waals surface area (Å²) in [6.45, 7) is 9.20. The molecular formula is C25H27N3O4. The van der Waals surface area contributed by atoms with Gasteiger partial charge in [0.05, 0.1) is 5.69 Å². The number of rotatable bonds is 5. The molecular weight excluding hydrogens is 406 g/mol. The first kappa shape index (κ1) is 19.6. The summed E-state index contributed by atoms with van der Waals surface area (Å²) in [6.07, 6.45) is 3.09. The Bertz CT molecular complexity index is 1160. The van der Waals surface area contributed by atoms with Gasteiger partial charge < -0.3 is 23.8 Å². The summed E-state index contributed by atoms with van der Waals surface area (Å²) in [5.74, 6) is 3.15. The normalized spacial score (nSPS) is 17.9. The summed E-state index contributed by atoms with van der Waals surface area (Å²) in [6, 6.07) is 10.4. The van der Waals surface area contributed by atoms with Crippen LogP contribution in [0.3, 0.4) is 0 Å². The molecule has 2 aromatic carbocycles. The zero-order valence-electron chi connectivity index (χ0n) is 18.3. The van der Waals surface area contributed by atoms with Crippen LogP contribution in [0, 0.1) is 0 Å². The van der Waals surface area contributed by atoms with E-state index in [-0.39, 0.29) is 13.6 Å². The first-order valence-corrected chi connectivity index (χ1v) is 11.3. The molecule has 32 heavy (non-hydrogen) atoms. The van der Waals surface area contributed by atoms with Crippen LogP contribution in [-0.2, 0) is 6.54 Å². The molecule has 0 unspecified atom stereocenters. The van der Waals surface area contributed by atoms with Crippen molar-refractivity contribution in [2.45, 2.75) is 19.9 Å². The van der Waals surface area contributed by atoms with Gasteiger partial charge in [0.1, 0.15) is 0 Å². The largest absolute Gasteiger partial charge is 0.454 e. The van der Waals surface area contributed by atoms with Crippen molar-refractivity contribution in [2.75, 3.05) is 46.3 Å². The van der Waals surface area contributed by atoms with Gasteiger partial charge in [-0.2, -0.15) is 0 Å². The van der Waals surface area contributed by atoms with E-state index in [4.69, 9.17) is 23.9 Å². The van der Waals surface area contributed by atoms with Crippen molar-refractivity contribution in [2.24, 2.45) is 0 Å². The molecule has 0 aliphatic carbocycles. The van der Waals surface area contributed by atoms with Crippen LogP contribution >= 0.6 is 0 Å². The molecule has 0 N–H and O–H groups in total. The average Bonchev–Trinajstić information content (AvgIpc) is 3.49. The van der Waals surface area contributed by atoms with E-state index < -0.39 is 0 Å². The van der Waals surface area contributed by atoms with Gasteiger partial charge in [-0.3, -0.25) is 9.88 Å². The van der Waals surface area contributed by atoms with Gasteiger partial charge in [0.2, 0.25) is 13.6 Å². The summed E-state index contributed by atoms with van der Waals surface area (Å²) in [5, 5.41) is 2.05. The number of piperazine rings is 1. The maximum Gasteiger partial charge on any atom is 0.231 e. The SMILES string of the molecule is CCCN1CCN(Cc2cc3c(cc2-c2cc4ccc5c(c4cn2)OCO5)OCO3)CC1. The fourth-order valence-electron chi connectivity index (χ4n) is 4.82. The number of nitrogens with zero attached hydrogens (tertiary/aromatic N) is 3. The van der Waals surface area contributed by atoms with Crippen molar-refractivity contribution >= 4 is 10.8 Å². The van der Waals surface area contributed by atoms with Crippen LogP contribution < -0.4 is 18.9 Å². The predicted molar refractivity (Wildman–Crippen MR) is 121 cm³/mol. The molecule has 0 saturated carbocycles. The molecule has 0 amide bonds. The van der Waals surface area contributed by atoms with Crippen LogP contribution in [0.5, 0.6) is 23.0 Å². The van der Waals surface area contributed by atoms with E-state index in [1.54, 1.807) is 0 Å². The second-order valence-corrected chi connectivity index (χ2v) is 8.57. The van der Waals surface area contributed by atoms with Crippen LogP contribution in [0.2, 0.25) is 0 Å². The molecule has 7 nitrogen and oxygen atoms in total. The Hall–Kier alpha value is -3.03. The van der Waals surface area contributed by atoms with Crippen molar-refractivity contribution in [3.05, 3.63) is 42.1 Å². The molecule has 3 aliphatic rings. The highest BCUT2D eigenvalue weighted by Gasteiger charge is 2.23. The Kier molecular flexibility index (Phi) is 5.00. The Balaban J connectivity index is 1.34. The lowest BCUT2D eigenvalue weighted by molar-refractivity contribution is 0.127. The third kappa shape index (κ3) is 3.51. The smallest absolute Gasteiger partial charge is 0.231 e. The molecule has 1 fully saturated rings. The van der Waals surface area contributed by atoms with E-state index in [1.165, 1.54) is 18.5 Å². The number of hydrogen-bond donors (Lipinski definition) is 0. The number of fused-ring (bicyclic) bond motifs is 4. The van der Waals surface area contributed by atoms with Crippen LogP contribution in [0.1, 0.15) is 18.9 Å². The van der Waals surface area contributed by atoms with Gasteiger partial charge in [-0.15, -0.1) is 0 Å². The summed E-state index contributed by atoms with van der Waals surface area (Å²) in [7, 11) is 0. The number of hydrogen-bond acceptors (Lipinski definition) is 7. The third-order valence-electron chi connectivity index (χ3n) is 6.51. The van der Waals surface area contributed by atoms with Crippen molar-refractivity contribution in [3.63, 3.8) is 0 Å². The first-order valence-electron chi connectivity index (χ1n) is 11.3. The lowest BCUT2D eigenvalue weighted by Crippen LogP contribution is -2.46. The van der Waals surface area contributed by atoms with Crippen LogP contribution in [-0.4, -0.2) is 61.1 Å². The van der Waals surface area contributed by atoms with E-state index in [0.717, 1.165) is 77.8 Å². The molecule has 3 aliphatic heterocycles.